The molecule has 4 rings (SSSR count). The summed E-state index contributed by atoms with van der Waals surface area (Å²) in [6.45, 7) is 12.8. The Bertz CT molecular complexity index is 556. The summed E-state index contributed by atoms with van der Waals surface area (Å²) in [6, 6.07) is 0. The lowest BCUT2D eigenvalue weighted by atomic mass is 9.47. The molecule has 3 fully saturated rings. The van der Waals surface area contributed by atoms with Crippen molar-refractivity contribution in [3.8, 4) is 0 Å². The van der Waals surface area contributed by atoms with Crippen LogP contribution in [-0.4, -0.2) is 0 Å². The van der Waals surface area contributed by atoms with Gasteiger partial charge in [-0.1, -0.05) is 72.0 Å². The van der Waals surface area contributed by atoms with E-state index in [0.29, 0.717) is 10.8 Å². The smallest absolute Gasteiger partial charge is 0.00853 e. The maximum atomic E-state index is 2.74. The monoisotopic (exact) mass is 370 g/mol. The van der Waals surface area contributed by atoms with E-state index in [2.05, 4.69) is 40.7 Å². The van der Waals surface area contributed by atoms with Gasteiger partial charge >= 0.3 is 0 Å². The molecule has 0 radical (unpaired) electrons. The van der Waals surface area contributed by atoms with Gasteiger partial charge in [-0.2, -0.15) is 0 Å². The van der Waals surface area contributed by atoms with Gasteiger partial charge < -0.3 is 0 Å². The lowest BCUT2D eigenvalue weighted by Gasteiger charge is -2.58. The summed E-state index contributed by atoms with van der Waals surface area (Å²) < 4.78 is 0. The summed E-state index contributed by atoms with van der Waals surface area (Å²) in [5.41, 5.74) is 3.09. The van der Waals surface area contributed by atoms with Gasteiger partial charge in [0, 0.05) is 0 Å². The molecule has 0 heteroatoms. The molecule has 4 aliphatic carbocycles. The molecule has 0 heterocycles. The molecule has 0 amide bonds. The van der Waals surface area contributed by atoms with E-state index in [9.17, 15) is 0 Å². The average molecular weight is 371 g/mol. The van der Waals surface area contributed by atoms with Crippen molar-refractivity contribution in [2.24, 2.45) is 46.3 Å². The molecule has 0 aliphatic heterocycles. The topological polar surface area (TPSA) is 0 Å². The highest BCUT2D eigenvalue weighted by molar-refractivity contribution is 5.24. The largest absolute Gasteiger partial charge is 0.0845 e. The first-order valence-electron chi connectivity index (χ1n) is 12.6. The second-order valence-electron chi connectivity index (χ2n) is 12.0. The molecule has 0 spiro atoms. The van der Waals surface area contributed by atoms with Crippen molar-refractivity contribution in [2.45, 2.75) is 112 Å². The van der Waals surface area contributed by atoms with Crippen LogP contribution in [0.1, 0.15) is 112 Å². The fourth-order valence-corrected chi connectivity index (χ4v) is 8.72. The number of hydrogen-bond acceptors (Lipinski definition) is 0. The highest BCUT2D eigenvalue weighted by Gasteiger charge is 2.58. The second-order valence-corrected chi connectivity index (χ2v) is 12.0. The fourth-order valence-electron chi connectivity index (χ4n) is 8.72. The summed E-state index contributed by atoms with van der Waals surface area (Å²) in [6.07, 6.45) is 20.5. The van der Waals surface area contributed by atoms with Gasteiger partial charge in [-0.15, -0.1) is 0 Å². The van der Waals surface area contributed by atoms with Gasteiger partial charge in [0.25, 0.3) is 0 Å². The third-order valence-corrected chi connectivity index (χ3v) is 10.2. The van der Waals surface area contributed by atoms with Crippen molar-refractivity contribution < 1.29 is 0 Å². The van der Waals surface area contributed by atoms with E-state index < -0.39 is 0 Å². The van der Waals surface area contributed by atoms with Crippen LogP contribution in [0.4, 0.5) is 0 Å². The van der Waals surface area contributed by atoms with Crippen molar-refractivity contribution in [1.82, 2.24) is 0 Å². The van der Waals surface area contributed by atoms with E-state index in [0.717, 1.165) is 35.5 Å². The van der Waals surface area contributed by atoms with Crippen LogP contribution in [0.15, 0.2) is 11.6 Å². The SMILES string of the molecule is CC(C)CCCC(C)[C@H]1CCC2C3CC=C4CCCCC4(C)C3CC[C@@]21C. The molecule has 0 aromatic rings. The van der Waals surface area contributed by atoms with Crippen molar-refractivity contribution in [2.75, 3.05) is 0 Å². The van der Waals surface area contributed by atoms with Crippen LogP contribution < -0.4 is 0 Å². The summed E-state index contributed by atoms with van der Waals surface area (Å²) in [7, 11) is 0. The third-order valence-electron chi connectivity index (χ3n) is 10.2. The van der Waals surface area contributed by atoms with Crippen LogP contribution in [0.25, 0.3) is 0 Å². The zero-order valence-corrected chi connectivity index (χ0v) is 19.0. The number of rotatable bonds is 5. The van der Waals surface area contributed by atoms with Crippen molar-refractivity contribution in [1.29, 1.82) is 0 Å². The normalized spacial score (nSPS) is 45.0. The van der Waals surface area contributed by atoms with Crippen LogP contribution in [0.5, 0.6) is 0 Å². The Kier molecular flexibility index (Phi) is 5.59. The molecule has 0 N–H and O–H groups in total. The number of hydrogen-bond donors (Lipinski definition) is 0. The Morgan fingerprint density at radius 1 is 0.963 bits per heavy atom. The molecule has 0 aromatic heterocycles. The van der Waals surface area contributed by atoms with Crippen LogP contribution in [-0.2, 0) is 0 Å². The first-order valence-corrected chi connectivity index (χ1v) is 12.6. The number of fused-ring (bicyclic) bond motifs is 5. The Labute approximate surface area is 170 Å². The minimum atomic E-state index is 0.573. The molecule has 154 valence electrons. The summed E-state index contributed by atoms with van der Waals surface area (Å²) in [5.74, 6) is 5.84. The summed E-state index contributed by atoms with van der Waals surface area (Å²) in [5, 5.41) is 0. The van der Waals surface area contributed by atoms with E-state index in [4.69, 9.17) is 0 Å². The van der Waals surface area contributed by atoms with Crippen LogP contribution in [0.2, 0.25) is 0 Å². The first kappa shape index (κ1) is 20.0. The molecule has 0 saturated heterocycles. The predicted molar refractivity (Wildman–Crippen MR) is 118 cm³/mol. The van der Waals surface area contributed by atoms with Gasteiger partial charge in [-0.3, -0.25) is 0 Å². The van der Waals surface area contributed by atoms with Gasteiger partial charge in [0.2, 0.25) is 0 Å². The van der Waals surface area contributed by atoms with E-state index in [1.165, 1.54) is 77.0 Å². The maximum absolute atomic E-state index is 2.74. The Morgan fingerprint density at radius 3 is 2.56 bits per heavy atom. The minimum absolute atomic E-state index is 0.573. The molecule has 0 nitrogen and oxygen atoms in total. The van der Waals surface area contributed by atoms with Crippen LogP contribution >= 0.6 is 0 Å². The van der Waals surface area contributed by atoms with Crippen molar-refractivity contribution in [3.63, 3.8) is 0 Å². The van der Waals surface area contributed by atoms with Gasteiger partial charge in [0.15, 0.2) is 0 Å². The van der Waals surface area contributed by atoms with Gasteiger partial charge in [-0.25, -0.2) is 0 Å². The minimum Gasteiger partial charge on any atom is -0.0845 e. The molecule has 4 aliphatic rings. The third kappa shape index (κ3) is 3.36. The van der Waals surface area contributed by atoms with Gasteiger partial charge in [0.1, 0.15) is 0 Å². The Balaban J connectivity index is 1.49. The quantitative estimate of drug-likeness (QED) is 0.426. The maximum Gasteiger partial charge on any atom is -0.00853 e. The summed E-state index contributed by atoms with van der Waals surface area (Å²) >= 11 is 0. The summed E-state index contributed by atoms with van der Waals surface area (Å²) in [4.78, 5) is 0. The van der Waals surface area contributed by atoms with Crippen molar-refractivity contribution in [3.05, 3.63) is 11.6 Å². The lowest BCUT2D eigenvalue weighted by Crippen LogP contribution is -2.50. The van der Waals surface area contributed by atoms with E-state index >= 15 is 0 Å². The van der Waals surface area contributed by atoms with E-state index in [-0.39, 0.29) is 0 Å². The lowest BCUT2D eigenvalue weighted by molar-refractivity contribution is -0.0500. The average Bonchev–Trinajstić information content (AvgIpc) is 2.98. The molecule has 27 heavy (non-hydrogen) atoms. The van der Waals surface area contributed by atoms with Gasteiger partial charge in [-0.05, 0) is 97.7 Å². The fraction of sp³-hybridized carbons (Fsp3) is 0.926. The first-order chi connectivity index (χ1) is 12.9. The van der Waals surface area contributed by atoms with Crippen molar-refractivity contribution >= 4 is 0 Å². The molecule has 3 saturated carbocycles. The van der Waals surface area contributed by atoms with E-state index in [1.54, 1.807) is 0 Å². The standard InChI is InChI=1S/C27H46/c1-19(2)9-8-10-20(3)23-14-15-24-22-13-12-21-11-6-7-17-26(21,4)25(22)16-18-27(23,24)5/h12,19-20,22-25H,6-11,13-18H2,1-5H3/t20?,22?,23-,24?,25?,26?,27-/m1/s1. The second kappa shape index (κ2) is 7.53. The Hall–Kier alpha value is -0.260. The highest BCUT2D eigenvalue weighted by Crippen LogP contribution is 2.67. The van der Waals surface area contributed by atoms with Crippen LogP contribution in [0.3, 0.4) is 0 Å². The molecule has 7 atom stereocenters. The van der Waals surface area contributed by atoms with Crippen LogP contribution in [0, 0.1) is 46.3 Å². The molecular weight excluding hydrogens is 324 g/mol. The Morgan fingerprint density at radius 2 is 1.78 bits per heavy atom. The highest BCUT2D eigenvalue weighted by atomic mass is 14.6. The zero-order valence-electron chi connectivity index (χ0n) is 19.0. The van der Waals surface area contributed by atoms with E-state index in [1.807, 2.05) is 5.57 Å². The number of allylic oxidation sites excluding steroid dienone is 2. The van der Waals surface area contributed by atoms with Gasteiger partial charge in [0.05, 0.1) is 0 Å². The molecule has 0 aromatic carbocycles. The molecule has 5 unspecified atom stereocenters. The predicted octanol–water partition coefficient (Wildman–Crippen LogP) is 8.42. The zero-order chi connectivity index (χ0) is 19.2. The molecular formula is C27H46. The molecule has 0 bridgehead atoms.